The fourth-order valence-corrected chi connectivity index (χ4v) is 2.36. The van der Waals surface area contributed by atoms with Crippen LogP contribution in [0, 0.1) is 0 Å². The Morgan fingerprint density at radius 3 is 2.94 bits per heavy atom. The highest BCUT2D eigenvalue weighted by atomic mass is 32.1. The molecule has 0 aliphatic heterocycles. The van der Waals surface area contributed by atoms with Gasteiger partial charge in [-0.1, -0.05) is 0 Å². The van der Waals surface area contributed by atoms with Crippen molar-refractivity contribution in [1.82, 2.24) is 10.3 Å². The molecule has 0 unspecified atom stereocenters. The third-order valence-corrected chi connectivity index (χ3v) is 3.40. The summed E-state index contributed by atoms with van der Waals surface area (Å²) in [6, 6.07) is 1.95. The van der Waals surface area contributed by atoms with Crippen LogP contribution in [0.1, 0.15) is 29.1 Å². The number of nitrogen functional groups attached to an aromatic ring is 1. The fraction of sp³-hybridized carbons (Fsp3) is 0.583. The lowest BCUT2D eigenvalue weighted by Crippen LogP contribution is -2.31. The first-order chi connectivity index (χ1) is 8.54. The SMILES string of the molecule is CC(C)OCCN(C)Cc1ccsc1C(=O)NN. The molecule has 0 saturated heterocycles. The number of hydrogen-bond donors (Lipinski definition) is 2. The number of ether oxygens (including phenoxy) is 1. The zero-order valence-electron chi connectivity index (χ0n) is 11.1. The van der Waals surface area contributed by atoms with Crippen molar-refractivity contribution >= 4 is 17.2 Å². The van der Waals surface area contributed by atoms with E-state index in [0.717, 1.165) is 12.1 Å². The fourth-order valence-electron chi connectivity index (χ4n) is 1.54. The number of carbonyl (C=O) groups is 1. The summed E-state index contributed by atoms with van der Waals surface area (Å²) in [5.41, 5.74) is 3.16. The summed E-state index contributed by atoms with van der Waals surface area (Å²) in [4.78, 5) is 14.3. The second-order valence-corrected chi connectivity index (χ2v) is 5.32. The van der Waals surface area contributed by atoms with E-state index in [4.69, 9.17) is 10.6 Å². The number of nitrogens with one attached hydrogen (secondary N) is 1. The summed E-state index contributed by atoms with van der Waals surface area (Å²) in [6.45, 7) is 6.27. The first kappa shape index (κ1) is 15.1. The van der Waals surface area contributed by atoms with Crippen LogP contribution in [-0.2, 0) is 11.3 Å². The van der Waals surface area contributed by atoms with Crippen molar-refractivity contribution in [2.45, 2.75) is 26.5 Å². The van der Waals surface area contributed by atoms with Gasteiger partial charge in [0.05, 0.1) is 17.6 Å². The molecule has 1 rings (SSSR count). The third kappa shape index (κ3) is 4.73. The number of carbonyl (C=O) groups excluding carboxylic acids is 1. The van der Waals surface area contributed by atoms with Crippen LogP contribution in [-0.4, -0.2) is 37.1 Å². The van der Waals surface area contributed by atoms with Gasteiger partial charge in [0, 0.05) is 13.1 Å². The van der Waals surface area contributed by atoms with Crippen LogP contribution in [0.15, 0.2) is 11.4 Å². The zero-order chi connectivity index (χ0) is 13.5. The van der Waals surface area contributed by atoms with Crippen molar-refractivity contribution in [3.05, 3.63) is 21.9 Å². The van der Waals surface area contributed by atoms with Crippen molar-refractivity contribution in [1.29, 1.82) is 0 Å². The van der Waals surface area contributed by atoms with E-state index in [1.165, 1.54) is 11.3 Å². The molecule has 0 atom stereocenters. The van der Waals surface area contributed by atoms with Crippen LogP contribution in [0.3, 0.4) is 0 Å². The highest BCUT2D eigenvalue weighted by molar-refractivity contribution is 7.12. The maximum absolute atomic E-state index is 11.5. The lowest BCUT2D eigenvalue weighted by molar-refractivity contribution is 0.0627. The number of nitrogens with two attached hydrogens (primary N) is 1. The molecule has 0 saturated carbocycles. The number of likely N-dealkylation sites (N-methyl/N-ethyl adjacent to an activating group) is 1. The van der Waals surface area contributed by atoms with Gasteiger partial charge in [-0.25, -0.2) is 5.84 Å². The van der Waals surface area contributed by atoms with E-state index < -0.39 is 0 Å². The molecule has 0 aliphatic carbocycles. The molecule has 0 spiro atoms. The number of rotatable bonds is 7. The van der Waals surface area contributed by atoms with Gasteiger partial charge in [0.2, 0.25) is 0 Å². The van der Waals surface area contributed by atoms with E-state index in [2.05, 4.69) is 10.3 Å². The Kier molecular flexibility index (Phi) is 6.28. The molecule has 1 aromatic heterocycles. The highest BCUT2D eigenvalue weighted by Gasteiger charge is 2.13. The molecule has 0 radical (unpaired) electrons. The van der Waals surface area contributed by atoms with E-state index in [-0.39, 0.29) is 12.0 Å². The normalized spacial score (nSPS) is 11.2. The van der Waals surface area contributed by atoms with Crippen molar-refractivity contribution < 1.29 is 9.53 Å². The smallest absolute Gasteiger partial charge is 0.275 e. The van der Waals surface area contributed by atoms with Crippen LogP contribution in [0.25, 0.3) is 0 Å². The van der Waals surface area contributed by atoms with Crippen molar-refractivity contribution in [3.8, 4) is 0 Å². The molecule has 0 aromatic carbocycles. The molecule has 0 aliphatic rings. The van der Waals surface area contributed by atoms with Gasteiger partial charge < -0.3 is 4.74 Å². The average Bonchev–Trinajstić information content (AvgIpc) is 2.75. The summed E-state index contributed by atoms with van der Waals surface area (Å²) < 4.78 is 5.49. The van der Waals surface area contributed by atoms with Crippen LogP contribution >= 0.6 is 11.3 Å². The van der Waals surface area contributed by atoms with Gasteiger partial charge in [-0.15, -0.1) is 11.3 Å². The van der Waals surface area contributed by atoms with E-state index in [9.17, 15) is 4.79 Å². The number of hydrazine groups is 1. The van der Waals surface area contributed by atoms with E-state index in [1.807, 2.05) is 32.3 Å². The molecule has 18 heavy (non-hydrogen) atoms. The molecule has 5 nitrogen and oxygen atoms in total. The van der Waals surface area contributed by atoms with Gasteiger partial charge in [0.15, 0.2) is 0 Å². The van der Waals surface area contributed by atoms with Gasteiger partial charge in [0.1, 0.15) is 0 Å². The Morgan fingerprint density at radius 2 is 2.33 bits per heavy atom. The minimum atomic E-state index is -0.230. The number of nitrogens with zero attached hydrogens (tertiary/aromatic N) is 1. The largest absolute Gasteiger partial charge is 0.377 e. The maximum Gasteiger partial charge on any atom is 0.275 e. The highest BCUT2D eigenvalue weighted by Crippen LogP contribution is 2.17. The summed E-state index contributed by atoms with van der Waals surface area (Å²) in [6.07, 6.45) is 0.248. The predicted octanol–water partition coefficient (Wildman–Crippen LogP) is 1.21. The Morgan fingerprint density at radius 1 is 1.61 bits per heavy atom. The van der Waals surface area contributed by atoms with Gasteiger partial charge >= 0.3 is 0 Å². The summed E-state index contributed by atoms with van der Waals surface area (Å²) >= 11 is 1.40. The van der Waals surface area contributed by atoms with Crippen LogP contribution in [0.2, 0.25) is 0 Å². The molecule has 0 fully saturated rings. The minimum absolute atomic E-state index is 0.230. The molecule has 6 heteroatoms. The first-order valence-electron chi connectivity index (χ1n) is 5.92. The standard InChI is InChI=1S/C12H21N3O2S/c1-9(2)17-6-5-15(3)8-10-4-7-18-11(10)12(16)14-13/h4,7,9H,5-6,8,13H2,1-3H3,(H,14,16). The van der Waals surface area contributed by atoms with E-state index in [1.54, 1.807) is 0 Å². The quantitative estimate of drug-likeness (QED) is 0.444. The predicted molar refractivity (Wildman–Crippen MR) is 73.4 cm³/mol. The van der Waals surface area contributed by atoms with E-state index >= 15 is 0 Å². The molecule has 0 bridgehead atoms. The maximum atomic E-state index is 11.5. The van der Waals surface area contributed by atoms with Crippen molar-refractivity contribution in [2.75, 3.05) is 20.2 Å². The summed E-state index contributed by atoms with van der Waals surface area (Å²) in [7, 11) is 2.01. The van der Waals surface area contributed by atoms with Gasteiger partial charge in [-0.3, -0.25) is 15.1 Å². The van der Waals surface area contributed by atoms with Crippen molar-refractivity contribution in [2.24, 2.45) is 5.84 Å². The topological polar surface area (TPSA) is 67.6 Å². The lowest BCUT2D eigenvalue weighted by atomic mass is 10.2. The molecular weight excluding hydrogens is 250 g/mol. The summed E-state index contributed by atoms with van der Waals surface area (Å²) in [5.74, 6) is 4.92. The Labute approximate surface area is 112 Å². The zero-order valence-corrected chi connectivity index (χ0v) is 11.9. The lowest BCUT2D eigenvalue weighted by Gasteiger charge is -2.17. The van der Waals surface area contributed by atoms with Crippen molar-refractivity contribution in [3.63, 3.8) is 0 Å². The molecule has 3 N–H and O–H groups in total. The number of amides is 1. The van der Waals surface area contributed by atoms with Gasteiger partial charge in [-0.05, 0) is 37.9 Å². The third-order valence-electron chi connectivity index (χ3n) is 2.45. The average molecular weight is 271 g/mol. The second-order valence-electron chi connectivity index (χ2n) is 4.41. The molecule has 1 aromatic rings. The molecular formula is C12H21N3O2S. The van der Waals surface area contributed by atoms with Crippen LogP contribution in [0.4, 0.5) is 0 Å². The van der Waals surface area contributed by atoms with Gasteiger partial charge in [0.25, 0.3) is 5.91 Å². The van der Waals surface area contributed by atoms with E-state index in [0.29, 0.717) is 18.0 Å². The Balaban J connectivity index is 2.46. The minimum Gasteiger partial charge on any atom is -0.377 e. The van der Waals surface area contributed by atoms with Crippen LogP contribution < -0.4 is 11.3 Å². The monoisotopic (exact) mass is 271 g/mol. The van der Waals surface area contributed by atoms with Crippen LogP contribution in [0.5, 0.6) is 0 Å². The summed E-state index contributed by atoms with van der Waals surface area (Å²) in [5, 5.41) is 1.90. The second kappa shape index (κ2) is 7.48. The number of thiophene rings is 1. The Bertz CT molecular complexity index is 379. The number of hydrogen-bond acceptors (Lipinski definition) is 5. The van der Waals surface area contributed by atoms with Gasteiger partial charge in [-0.2, -0.15) is 0 Å². The molecule has 102 valence electrons. The Hall–Kier alpha value is -0.950. The molecule has 1 heterocycles. The molecule has 1 amide bonds. The first-order valence-corrected chi connectivity index (χ1v) is 6.80.